The van der Waals surface area contributed by atoms with Gasteiger partial charge < -0.3 is 14.7 Å². The van der Waals surface area contributed by atoms with Gasteiger partial charge in [-0.25, -0.2) is 4.39 Å². The summed E-state index contributed by atoms with van der Waals surface area (Å²) in [6.45, 7) is 6.13. The molecule has 2 amide bonds. The maximum Gasteiger partial charge on any atom is 0.254 e. The van der Waals surface area contributed by atoms with Crippen molar-refractivity contribution in [3.63, 3.8) is 0 Å². The fourth-order valence-electron chi connectivity index (χ4n) is 4.34. The van der Waals surface area contributed by atoms with Crippen LogP contribution in [-0.4, -0.2) is 59.2 Å². The van der Waals surface area contributed by atoms with Gasteiger partial charge in [-0.15, -0.1) is 11.3 Å². The lowest BCUT2D eigenvalue weighted by molar-refractivity contribution is -0.133. The van der Waals surface area contributed by atoms with Crippen LogP contribution in [0.2, 0.25) is 0 Å². The first kappa shape index (κ1) is 26.5. The molecule has 8 heteroatoms. The number of benzene rings is 2. The quantitative estimate of drug-likeness (QED) is 0.312. The van der Waals surface area contributed by atoms with E-state index in [-0.39, 0.29) is 24.2 Å². The second-order valence-electron chi connectivity index (χ2n) is 9.19. The molecule has 1 saturated heterocycles. The van der Waals surface area contributed by atoms with E-state index in [9.17, 15) is 14.0 Å². The molecule has 4 rings (SSSR count). The minimum absolute atomic E-state index is 0.00560. The van der Waals surface area contributed by atoms with Gasteiger partial charge in [0.05, 0.1) is 6.54 Å². The number of hydrogen-bond acceptors (Lipinski definition) is 4. The van der Waals surface area contributed by atoms with E-state index in [0.717, 1.165) is 40.1 Å². The average molecular weight is 573 g/mol. The van der Waals surface area contributed by atoms with Gasteiger partial charge in [-0.1, -0.05) is 28.1 Å². The highest BCUT2D eigenvalue weighted by Crippen LogP contribution is 2.20. The van der Waals surface area contributed by atoms with Crippen LogP contribution in [-0.2, 0) is 17.9 Å². The fourth-order valence-corrected chi connectivity index (χ4v) is 5.53. The normalized spacial score (nSPS) is 13.6. The molecule has 1 aliphatic rings. The van der Waals surface area contributed by atoms with E-state index in [1.807, 2.05) is 30.5 Å². The van der Waals surface area contributed by atoms with Gasteiger partial charge in [0.2, 0.25) is 5.91 Å². The van der Waals surface area contributed by atoms with Crippen molar-refractivity contribution >= 4 is 39.1 Å². The number of hydrogen-bond donors (Lipinski definition) is 0. The van der Waals surface area contributed by atoms with Crippen LogP contribution in [0.15, 0.2) is 64.5 Å². The Morgan fingerprint density at radius 3 is 2.31 bits per heavy atom. The maximum absolute atomic E-state index is 13.7. The largest absolute Gasteiger partial charge is 0.332 e. The first-order chi connectivity index (χ1) is 17.4. The molecule has 0 unspecified atom stereocenters. The molecule has 2 aromatic carbocycles. The zero-order valence-corrected chi connectivity index (χ0v) is 22.9. The molecule has 0 bridgehead atoms. The van der Waals surface area contributed by atoms with E-state index in [4.69, 9.17) is 0 Å². The number of rotatable bonds is 10. The van der Waals surface area contributed by atoms with Crippen molar-refractivity contribution in [1.29, 1.82) is 0 Å². The van der Waals surface area contributed by atoms with Crippen molar-refractivity contribution in [2.45, 2.75) is 32.9 Å². The molecule has 1 aliphatic heterocycles. The summed E-state index contributed by atoms with van der Waals surface area (Å²) in [5.41, 5.74) is 2.54. The van der Waals surface area contributed by atoms with Crippen molar-refractivity contribution in [1.82, 2.24) is 14.7 Å². The molecule has 36 heavy (non-hydrogen) atoms. The minimum atomic E-state index is -0.307. The van der Waals surface area contributed by atoms with Crippen LogP contribution in [0.5, 0.6) is 0 Å². The molecule has 5 nitrogen and oxygen atoms in total. The first-order valence-corrected chi connectivity index (χ1v) is 13.9. The molecule has 0 spiro atoms. The molecule has 0 atom stereocenters. The summed E-state index contributed by atoms with van der Waals surface area (Å²) in [5, 5.41) is 2.02. The Morgan fingerprint density at radius 2 is 1.67 bits per heavy atom. The molecule has 3 aromatic rings. The van der Waals surface area contributed by atoms with Gasteiger partial charge in [0.1, 0.15) is 12.4 Å². The lowest BCUT2D eigenvalue weighted by Crippen LogP contribution is -2.45. The Morgan fingerprint density at radius 1 is 0.972 bits per heavy atom. The SMILES string of the molecule is Cc1ccsc1CN(Cc1ccc(F)cc1)C(=O)CN(CCN1CCCC1)C(=O)c1ccc(Br)cc1. The lowest BCUT2D eigenvalue weighted by atomic mass is 10.1. The zero-order chi connectivity index (χ0) is 25.5. The Hall–Kier alpha value is -2.55. The fraction of sp³-hybridized carbons (Fsp3) is 0.357. The molecular weight excluding hydrogens is 541 g/mol. The third-order valence-corrected chi connectivity index (χ3v) is 8.07. The van der Waals surface area contributed by atoms with E-state index in [1.54, 1.807) is 45.4 Å². The molecule has 190 valence electrons. The van der Waals surface area contributed by atoms with Crippen LogP contribution in [0.1, 0.15) is 39.2 Å². The van der Waals surface area contributed by atoms with E-state index < -0.39 is 0 Å². The number of likely N-dealkylation sites (tertiary alicyclic amines) is 1. The van der Waals surface area contributed by atoms with Gasteiger partial charge >= 0.3 is 0 Å². The van der Waals surface area contributed by atoms with Crippen LogP contribution < -0.4 is 0 Å². The lowest BCUT2D eigenvalue weighted by Gasteiger charge is -2.29. The van der Waals surface area contributed by atoms with Crippen LogP contribution in [0, 0.1) is 12.7 Å². The van der Waals surface area contributed by atoms with Crippen molar-refractivity contribution in [2.75, 3.05) is 32.7 Å². The van der Waals surface area contributed by atoms with Gasteiger partial charge in [0.15, 0.2) is 0 Å². The van der Waals surface area contributed by atoms with E-state index in [0.29, 0.717) is 25.2 Å². The smallest absolute Gasteiger partial charge is 0.254 e. The summed E-state index contributed by atoms with van der Waals surface area (Å²) in [6.07, 6.45) is 2.34. The Bertz CT molecular complexity index is 1160. The molecule has 1 aromatic heterocycles. The standard InChI is InChI=1S/C28H31BrFN3O2S/c1-21-12-17-36-26(21)19-33(18-22-4-10-25(30)11-5-22)27(34)20-32(16-15-31-13-2-3-14-31)28(35)23-6-8-24(29)9-7-23/h4-12,17H,2-3,13-16,18-20H2,1H3. The number of aryl methyl sites for hydroxylation is 1. The van der Waals surface area contributed by atoms with Gasteiger partial charge in [0.25, 0.3) is 5.91 Å². The second kappa shape index (κ2) is 12.6. The molecule has 0 saturated carbocycles. The summed E-state index contributed by atoms with van der Waals surface area (Å²) in [7, 11) is 0. The monoisotopic (exact) mass is 571 g/mol. The summed E-state index contributed by atoms with van der Waals surface area (Å²) in [5.74, 6) is -0.581. The van der Waals surface area contributed by atoms with Crippen molar-refractivity contribution in [3.05, 3.63) is 91.8 Å². The summed E-state index contributed by atoms with van der Waals surface area (Å²) >= 11 is 5.03. The van der Waals surface area contributed by atoms with Crippen molar-refractivity contribution in [2.24, 2.45) is 0 Å². The number of thiophene rings is 1. The van der Waals surface area contributed by atoms with Gasteiger partial charge in [-0.3, -0.25) is 9.59 Å². The summed E-state index contributed by atoms with van der Waals surface area (Å²) in [6, 6.07) is 15.5. The zero-order valence-electron chi connectivity index (χ0n) is 20.5. The van der Waals surface area contributed by atoms with E-state index >= 15 is 0 Å². The van der Waals surface area contributed by atoms with E-state index in [1.165, 1.54) is 25.0 Å². The number of carbonyl (C=O) groups is 2. The highest BCUT2D eigenvalue weighted by Gasteiger charge is 2.24. The van der Waals surface area contributed by atoms with Crippen LogP contribution >= 0.6 is 27.3 Å². The van der Waals surface area contributed by atoms with Gasteiger partial charge in [-0.05, 0) is 91.8 Å². The third-order valence-electron chi connectivity index (χ3n) is 6.53. The summed E-state index contributed by atoms with van der Waals surface area (Å²) in [4.78, 5) is 34.0. The van der Waals surface area contributed by atoms with Crippen LogP contribution in [0.25, 0.3) is 0 Å². The third kappa shape index (κ3) is 7.24. The van der Waals surface area contributed by atoms with Gasteiger partial charge in [0, 0.05) is 34.5 Å². The average Bonchev–Trinajstić information content (AvgIpc) is 3.54. The predicted octanol–water partition coefficient (Wildman–Crippen LogP) is 5.73. The predicted molar refractivity (Wildman–Crippen MR) is 145 cm³/mol. The number of halogens is 2. The highest BCUT2D eigenvalue weighted by atomic mass is 79.9. The molecular formula is C28H31BrFN3O2S. The highest BCUT2D eigenvalue weighted by molar-refractivity contribution is 9.10. The Balaban J connectivity index is 1.54. The van der Waals surface area contributed by atoms with Gasteiger partial charge in [-0.2, -0.15) is 0 Å². The number of amides is 2. The minimum Gasteiger partial charge on any atom is -0.332 e. The maximum atomic E-state index is 13.7. The Labute approximate surface area is 224 Å². The first-order valence-electron chi connectivity index (χ1n) is 12.2. The Kier molecular flexibility index (Phi) is 9.29. The van der Waals surface area contributed by atoms with Crippen LogP contribution in [0.3, 0.4) is 0 Å². The van der Waals surface area contributed by atoms with Crippen molar-refractivity contribution < 1.29 is 14.0 Å². The summed E-state index contributed by atoms with van der Waals surface area (Å²) < 4.78 is 14.4. The second-order valence-corrected chi connectivity index (χ2v) is 11.1. The molecule has 0 aliphatic carbocycles. The molecule has 1 fully saturated rings. The number of nitrogens with zero attached hydrogens (tertiary/aromatic N) is 3. The van der Waals surface area contributed by atoms with Crippen LogP contribution in [0.4, 0.5) is 4.39 Å². The molecule has 0 radical (unpaired) electrons. The topological polar surface area (TPSA) is 43.9 Å². The van der Waals surface area contributed by atoms with Crippen molar-refractivity contribution in [3.8, 4) is 0 Å². The number of carbonyl (C=O) groups excluding carboxylic acids is 2. The molecule has 2 heterocycles. The van der Waals surface area contributed by atoms with E-state index in [2.05, 4.69) is 20.8 Å². The molecule has 0 N–H and O–H groups in total.